The van der Waals surface area contributed by atoms with Crippen LogP contribution in [0, 0.1) is 5.92 Å². The van der Waals surface area contributed by atoms with Gasteiger partial charge >= 0.3 is 0 Å². The first-order valence-electron chi connectivity index (χ1n) is 6.44. The van der Waals surface area contributed by atoms with Crippen LogP contribution in [0.5, 0.6) is 0 Å². The van der Waals surface area contributed by atoms with Gasteiger partial charge in [-0.1, -0.05) is 33.1 Å². The molecule has 0 atom stereocenters. The maximum absolute atomic E-state index is 12.0. The maximum atomic E-state index is 12.0. The van der Waals surface area contributed by atoms with E-state index in [0.717, 1.165) is 6.54 Å². The minimum Gasteiger partial charge on any atom is -0.340 e. The van der Waals surface area contributed by atoms with Gasteiger partial charge < -0.3 is 4.90 Å². The van der Waals surface area contributed by atoms with Gasteiger partial charge in [-0.25, -0.2) is 0 Å². The molecule has 0 aliphatic heterocycles. The summed E-state index contributed by atoms with van der Waals surface area (Å²) < 4.78 is 0. The number of hydrogen-bond donors (Lipinski definition) is 0. The van der Waals surface area contributed by atoms with E-state index in [4.69, 9.17) is 0 Å². The van der Waals surface area contributed by atoms with Crippen LogP contribution < -0.4 is 0 Å². The van der Waals surface area contributed by atoms with Crippen molar-refractivity contribution in [3.8, 4) is 0 Å². The van der Waals surface area contributed by atoms with Crippen molar-refractivity contribution in [2.45, 2.75) is 65.3 Å². The van der Waals surface area contributed by atoms with E-state index >= 15 is 0 Å². The summed E-state index contributed by atoms with van der Waals surface area (Å²) in [7, 11) is 0. The van der Waals surface area contributed by atoms with Gasteiger partial charge in [0.25, 0.3) is 0 Å². The smallest absolute Gasteiger partial charge is 0.223 e. The van der Waals surface area contributed by atoms with Gasteiger partial charge in [0.05, 0.1) is 0 Å². The highest BCUT2D eigenvalue weighted by Gasteiger charge is 2.23. The van der Waals surface area contributed by atoms with E-state index in [2.05, 4.69) is 25.7 Å². The molecule has 2 heteroatoms. The molecule has 88 valence electrons. The molecular weight excluding hydrogens is 186 g/mol. The van der Waals surface area contributed by atoms with Crippen molar-refractivity contribution in [1.29, 1.82) is 0 Å². The van der Waals surface area contributed by atoms with Crippen LogP contribution in [-0.4, -0.2) is 23.4 Å². The summed E-state index contributed by atoms with van der Waals surface area (Å²) in [4.78, 5) is 14.1. The lowest BCUT2D eigenvalue weighted by atomic mass is 9.93. The highest BCUT2D eigenvalue weighted by Crippen LogP contribution is 2.23. The van der Waals surface area contributed by atoms with Gasteiger partial charge in [0.1, 0.15) is 0 Å². The largest absolute Gasteiger partial charge is 0.340 e. The van der Waals surface area contributed by atoms with E-state index in [1.165, 1.54) is 32.1 Å². The molecule has 1 amide bonds. The lowest BCUT2D eigenvalue weighted by molar-refractivity contribution is -0.134. The van der Waals surface area contributed by atoms with Crippen molar-refractivity contribution in [1.82, 2.24) is 4.90 Å². The van der Waals surface area contributed by atoms with Crippen LogP contribution in [0.1, 0.15) is 59.3 Å². The third-order valence-corrected chi connectivity index (χ3v) is 3.26. The van der Waals surface area contributed by atoms with Crippen molar-refractivity contribution in [3.63, 3.8) is 0 Å². The maximum Gasteiger partial charge on any atom is 0.223 e. The van der Waals surface area contributed by atoms with E-state index in [9.17, 15) is 4.79 Å². The van der Waals surface area contributed by atoms with Crippen LogP contribution in [0.4, 0.5) is 0 Å². The van der Waals surface area contributed by atoms with Crippen LogP contribution in [0.2, 0.25) is 0 Å². The van der Waals surface area contributed by atoms with Crippen molar-refractivity contribution in [3.05, 3.63) is 0 Å². The highest BCUT2D eigenvalue weighted by molar-refractivity contribution is 5.76. The number of hydrogen-bond acceptors (Lipinski definition) is 1. The number of rotatable bonds is 4. The van der Waals surface area contributed by atoms with Gasteiger partial charge in [0.15, 0.2) is 0 Å². The van der Waals surface area contributed by atoms with Crippen molar-refractivity contribution in [2.75, 3.05) is 6.54 Å². The molecule has 1 aliphatic rings. The lowest BCUT2D eigenvalue weighted by Gasteiger charge is -2.34. The molecule has 0 aromatic carbocycles. The van der Waals surface area contributed by atoms with E-state index in [-0.39, 0.29) is 0 Å². The Morgan fingerprint density at radius 2 is 1.87 bits per heavy atom. The van der Waals surface area contributed by atoms with Crippen LogP contribution in [0.25, 0.3) is 0 Å². The first kappa shape index (κ1) is 12.5. The molecule has 0 bridgehead atoms. The van der Waals surface area contributed by atoms with Crippen LogP contribution >= 0.6 is 0 Å². The Hall–Kier alpha value is -0.530. The van der Waals surface area contributed by atoms with E-state index in [1.54, 1.807) is 0 Å². The molecule has 0 aromatic heterocycles. The van der Waals surface area contributed by atoms with Crippen LogP contribution in [0.15, 0.2) is 0 Å². The SMILES string of the molecule is CCN(C(=O)CC(C)C)C1CCCCC1. The molecular formula is C13H25NO. The Bertz CT molecular complexity index is 195. The Labute approximate surface area is 94.0 Å². The number of amides is 1. The highest BCUT2D eigenvalue weighted by atomic mass is 16.2. The van der Waals surface area contributed by atoms with Gasteiger partial charge in [0, 0.05) is 19.0 Å². The zero-order valence-electron chi connectivity index (χ0n) is 10.5. The average molecular weight is 211 g/mol. The summed E-state index contributed by atoms with van der Waals surface area (Å²) in [6, 6.07) is 0.537. The number of carbonyl (C=O) groups is 1. The summed E-state index contributed by atoms with van der Waals surface area (Å²) in [5, 5.41) is 0. The van der Waals surface area contributed by atoms with E-state index in [0.29, 0.717) is 24.3 Å². The fourth-order valence-electron chi connectivity index (χ4n) is 2.50. The summed E-state index contributed by atoms with van der Waals surface area (Å²) in [5.74, 6) is 0.842. The molecule has 0 N–H and O–H groups in total. The topological polar surface area (TPSA) is 20.3 Å². The second-order valence-electron chi connectivity index (χ2n) is 5.07. The standard InChI is InChI=1S/C13H25NO/c1-4-14(13(15)10-11(2)3)12-8-6-5-7-9-12/h11-12H,4-10H2,1-3H3. The van der Waals surface area contributed by atoms with Gasteiger partial charge in [-0.05, 0) is 25.7 Å². The zero-order valence-corrected chi connectivity index (χ0v) is 10.5. The second-order valence-corrected chi connectivity index (χ2v) is 5.07. The fourth-order valence-corrected chi connectivity index (χ4v) is 2.50. The minimum atomic E-state index is 0.361. The van der Waals surface area contributed by atoms with Crippen molar-refractivity contribution < 1.29 is 4.79 Å². The van der Waals surface area contributed by atoms with Gasteiger partial charge in [-0.15, -0.1) is 0 Å². The van der Waals surface area contributed by atoms with Crippen LogP contribution in [-0.2, 0) is 4.79 Å². The fraction of sp³-hybridized carbons (Fsp3) is 0.923. The minimum absolute atomic E-state index is 0.361. The van der Waals surface area contributed by atoms with Gasteiger partial charge in [-0.3, -0.25) is 4.79 Å². The molecule has 1 saturated carbocycles. The van der Waals surface area contributed by atoms with Gasteiger partial charge in [0.2, 0.25) is 5.91 Å². The third-order valence-electron chi connectivity index (χ3n) is 3.26. The normalized spacial score (nSPS) is 18.1. The Kier molecular flexibility index (Phi) is 5.13. The average Bonchev–Trinajstić information content (AvgIpc) is 2.19. The molecule has 0 unspecified atom stereocenters. The molecule has 0 heterocycles. The molecule has 0 aromatic rings. The van der Waals surface area contributed by atoms with Gasteiger partial charge in [-0.2, -0.15) is 0 Å². The molecule has 0 saturated heterocycles. The quantitative estimate of drug-likeness (QED) is 0.699. The summed E-state index contributed by atoms with van der Waals surface area (Å²) in [6.45, 7) is 7.22. The molecule has 0 radical (unpaired) electrons. The summed E-state index contributed by atoms with van der Waals surface area (Å²) in [5.41, 5.74) is 0. The Balaban J connectivity index is 2.49. The molecule has 1 fully saturated rings. The lowest BCUT2D eigenvalue weighted by Crippen LogP contribution is -2.41. The zero-order chi connectivity index (χ0) is 11.3. The second kappa shape index (κ2) is 6.14. The van der Waals surface area contributed by atoms with Crippen molar-refractivity contribution in [2.24, 2.45) is 5.92 Å². The third kappa shape index (κ3) is 3.84. The summed E-state index contributed by atoms with van der Waals surface area (Å²) >= 11 is 0. The van der Waals surface area contributed by atoms with E-state index < -0.39 is 0 Å². The number of nitrogens with zero attached hydrogens (tertiary/aromatic N) is 1. The number of carbonyl (C=O) groups excluding carboxylic acids is 1. The first-order chi connectivity index (χ1) is 7.15. The van der Waals surface area contributed by atoms with Crippen molar-refractivity contribution >= 4 is 5.91 Å². The monoisotopic (exact) mass is 211 g/mol. The Morgan fingerprint density at radius 3 is 2.33 bits per heavy atom. The molecule has 0 spiro atoms. The molecule has 1 rings (SSSR count). The Morgan fingerprint density at radius 1 is 1.27 bits per heavy atom. The molecule has 1 aliphatic carbocycles. The predicted molar refractivity (Wildman–Crippen MR) is 63.7 cm³/mol. The van der Waals surface area contributed by atoms with E-state index in [1.807, 2.05) is 0 Å². The summed E-state index contributed by atoms with van der Waals surface area (Å²) in [6.07, 6.45) is 7.11. The molecule has 15 heavy (non-hydrogen) atoms. The van der Waals surface area contributed by atoms with Crippen LogP contribution in [0.3, 0.4) is 0 Å². The first-order valence-corrected chi connectivity index (χ1v) is 6.44. The molecule has 2 nitrogen and oxygen atoms in total. The predicted octanol–water partition coefficient (Wildman–Crippen LogP) is 3.21.